The van der Waals surface area contributed by atoms with Crippen molar-refractivity contribution < 1.29 is 13.9 Å². The first-order valence-corrected chi connectivity index (χ1v) is 15.9. The molecule has 0 spiro atoms. The van der Waals surface area contributed by atoms with Gasteiger partial charge in [-0.3, -0.25) is 14.3 Å². The number of aromatic nitrogens is 2. The summed E-state index contributed by atoms with van der Waals surface area (Å²) in [6.07, 6.45) is 2.26. The molecule has 200 valence electrons. The van der Waals surface area contributed by atoms with E-state index in [1.165, 1.54) is 10.1 Å². The van der Waals surface area contributed by atoms with Crippen LogP contribution >= 0.6 is 0 Å². The lowest BCUT2D eigenvalue weighted by atomic mass is 9.84. The molecule has 1 N–H and O–H groups in total. The van der Waals surface area contributed by atoms with Gasteiger partial charge in [-0.2, -0.15) is 0 Å². The topological polar surface area (TPSA) is 82.5 Å². The Hall–Kier alpha value is -2.00. The van der Waals surface area contributed by atoms with Gasteiger partial charge in [0.15, 0.2) is 8.32 Å². The molecule has 3 rings (SSSR count). The predicted octanol–water partition coefficient (Wildman–Crippen LogP) is 5.64. The largest absolute Gasteiger partial charge is 0.411 e. The number of benzene rings is 1. The van der Waals surface area contributed by atoms with Gasteiger partial charge in [0.05, 0.1) is 31.0 Å². The van der Waals surface area contributed by atoms with E-state index in [1.807, 2.05) is 18.2 Å². The van der Waals surface area contributed by atoms with E-state index in [1.54, 1.807) is 6.20 Å². The second kappa shape index (κ2) is 10.8. The molecule has 1 aromatic heterocycles. The summed E-state index contributed by atoms with van der Waals surface area (Å²) in [6.45, 7) is 20.1. The number of hydrogen-bond acceptors (Lipinski definition) is 5. The van der Waals surface area contributed by atoms with E-state index in [4.69, 9.17) is 13.9 Å². The molecule has 1 aliphatic heterocycles. The Morgan fingerprint density at radius 1 is 1.06 bits per heavy atom. The number of aromatic amines is 1. The molecule has 0 bridgehead atoms. The third-order valence-electron chi connectivity index (χ3n) is 7.53. The summed E-state index contributed by atoms with van der Waals surface area (Å²) >= 11 is 0. The van der Waals surface area contributed by atoms with E-state index in [9.17, 15) is 9.59 Å². The first kappa shape index (κ1) is 28.6. The minimum atomic E-state index is -2.01. The Bertz CT molecular complexity index is 1160. The minimum Gasteiger partial charge on any atom is -0.411 e. The van der Waals surface area contributed by atoms with Crippen molar-refractivity contribution in [2.75, 3.05) is 0 Å². The van der Waals surface area contributed by atoms with E-state index in [-0.39, 0.29) is 29.3 Å². The van der Waals surface area contributed by atoms with Crippen molar-refractivity contribution in [2.24, 2.45) is 0 Å². The molecular formula is C28H44N2O5Si. The highest BCUT2D eigenvalue weighted by molar-refractivity contribution is 6.74. The Morgan fingerprint density at radius 3 is 2.31 bits per heavy atom. The van der Waals surface area contributed by atoms with Crippen molar-refractivity contribution in [3.05, 3.63) is 68.0 Å². The van der Waals surface area contributed by atoms with Crippen molar-refractivity contribution >= 4 is 8.32 Å². The average molecular weight is 517 g/mol. The van der Waals surface area contributed by atoms with Crippen LogP contribution < -0.4 is 11.2 Å². The maximum Gasteiger partial charge on any atom is 0.330 e. The van der Waals surface area contributed by atoms with Crippen LogP contribution in [0.3, 0.4) is 0 Å². The van der Waals surface area contributed by atoms with Gasteiger partial charge in [0.25, 0.3) is 5.56 Å². The molecular weight excluding hydrogens is 472 g/mol. The summed E-state index contributed by atoms with van der Waals surface area (Å²) in [7, 11) is -2.01. The van der Waals surface area contributed by atoms with Crippen molar-refractivity contribution in [3.8, 4) is 0 Å². The second-order valence-electron chi connectivity index (χ2n) is 12.4. The van der Waals surface area contributed by atoms with E-state index in [0.29, 0.717) is 18.6 Å². The van der Waals surface area contributed by atoms with Gasteiger partial charge < -0.3 is 13.9 Å². The zero-order valence-corrected chi connectivity index (χ0v) is 24.4. The van der Waals surface area contributed by atoms with Crippen molar-refractivity contribution in [2.45, 2.75) is 117 Å². The number of hydrogen-bond donors (Lipinski definition) is 1. The fourth-order valence-corrected chi connectivity index (χ4v) is 5.76. The Balaban J connectivity index is 1.76. The van der Waals surface area contributed by atoms with Gasteiger partial charge in [-0.25, -0.2) is 4.79 Å². The lowest BCUT2D eigenvalue weighted by molar-refractivity contribution is -0.0201. The highest BCUT2D eigenvalue weighted by atomic mass is 28.4. The number of H-pyrrole nitrogens is 1. The van der Waals surface area contributed by atoms with Crippen molar-refractivity contribution in [1.82, 2.24) is 9.55 Å². The van der Waals surface area contributed by atoms with E-state index in [0.717, 1.165) is 12.0 Å². The summed E-state index contributed by atoms with van der Waals surface area (Å²) in [5.74, 6) is 0. The summed E-state index contributed by atoms with van der Waals surface area (Å²) in [6, 6.07) is 8.17. The lowest BCUT2D eigenvalue weighted by Gasteiger charge is -2.39. The number of nitrogens with one attached hydrogen (secondary N) is 1. The van der Waals surface area contributed by atoms with Crippen LogP contribution in [-0.2, 0) is 32.5 Å². The van der Waals surface area contributed by atoms with Gasteiger partial charge >= 0.3 is 5.69 Å². The molecule has 0 saturated carbocycles. The van der Waals surface area contributed by atoms with Gasteiger partial charge in [-0.05, 0) is 41.1 Å². The SMILES string of the molecule is CC[C@H]1O[C@@H](n2cc(COCc3ccccc3C(C)(C)C)c(=O)[nH]c2=O)CC1O[Si](C)(C)C(C)(C)C. The third kappa shape index (κ3) is 6.46. The zero-order valence-electron chi connectivity index (χ0n) is 23.4. The number of nitrogens with zero attached hydrogens (tertiary/aromatic N) is 1. The van der Waals surface area contributed by atoms with Crippen LogP contribution in [0.1, 0.15) is 84.2 Å². The van der Waals surface area contributed by atoms with Gasteiger partial charge in [0, 0.05) is 12.6 Å². The molecule has 0 amide bonds. The van der Waals surface area contributed by atoms with Gasteiger partial charge in [0.1, 0.15) is 6.23 Å². The molecule has 8 heteroatoms. The van der Waals surface area contributed by atoms with Crippen molar-refractivity contribution in [1.29, 1.82) is 0 Å². The Kier molecular flexibility index (Phi) is 8.55. The molecule has 0 aliphatic carbocycles. The molecule has 3 atom stereocenters. The van der Waals surface area contributed by atoms with E-state index >= 15 is 0 Å². The second-order valence-corrected chi connectivity index (χ2v) is 17.2. The lowest BCUT2D eigenvalue weighted by Crippen LogP contribution is -2.45. The van der Waals surface area contributed by atoms with E-state index in [2.05, 4.69) is 72.6 Å². The van der Waals surface area contributed by atoms with Gasteiger partial charge in [0.2, 0.25) is 0 Å². The molecule has 7 nitrogen and oxygen atoms in total. The smallest absolute Gasteiger partial charge is 0.330 e. The van der Waals surface area contributed by atoms with Gasteiger partial charge in [-0.15, -0.1) is 0 Å². The molecule has 2 heterocycles. The van der Waals surface area contributed by atoms with Crippen LogP contribution in [0.25, 0.3) is 0 Å². The van der Waals surface area contributed by atoms with Gasteiger partial charge in [-0.1, -0.05) is 72.7 Å². The summed E-state index contributed by atoms with van der Waals surface area (Å²) in [5.41, 5.74) is 1.78. The van der Waals surface area contributed by atoms with Crippen LogP contribution in [0.15, 0.2) is 40.1 Å². The minimum absolute atomic E-state index is 0.0106. The molecule has 1 fully saturated rings. The Morgan fingerprint density at radius 2 is 1.69 bits per heavy atom. The van der Waals surface area contributed by atoms with Crippen LogP contribution in [0, 0.1) is 0 Å². The molecule has 36 heavy (non-hydrogen) atoms. The first-order valence-electron chi connectivity index (χ1n) is 13.0. The molecule has 1 saturated heterocycles. The first-order chi connectivity index (χ1) is 16.6. The standard InChI is InChI=1S/C28H44N2O5Si/c1-10-22-23(35-36(8,9)28(5,6)7)15-24(34-22)30-16-20(25(31)29-26(30)32)18-33-17-19-13-11-12-14-21(19)27(2,3)4/h11-14,16,22-24H,10,15,17-18H2,1-9H3,(H,29,31,32)/t22-,23?,24-/m1/s1. The summed E-state index contributed by atoms with van der Waals surface area (Å²) in [4.78, 5) is 27.7. The highest BCUT2D eigenvalue weighted by Gasteiger charge is 2.44. The molecule has 1 aliphatic rings. The van der Waals surface area contributed by atoms with Crippen LogP contribution in [-0.4, -0.2) is 30.1 Å². The summed E-state index contributed by atoms with van der Waals surface area (Å²) < 4.78 is 20.4. The Labute approximate surface area is 216 Å². The molecule has 2 aromatic rings. The normalized spacial score (nSPS) is 21.2. The average Bonchev–Trinajstić information content (AvgIpc) is 3.15. The third-order valence-corrected chi connectivity index (χ3v) is 12.0. The number of ether oxygens (including phenoxy) is 2. The highest BCUT2D eigenvalue weighted by Crippen LogP contribution is 2.41. The van der Waals surface area contributed by atoms with Crippen molar-refractivity contribution in [3.63, 3.8) is 0 Å². The summed E-state index contributed by atoms with van der Waals surface area (Å²) in [5, 5.41) is 0.0777. The fraction of sp³-hybridized carbons (Fsp3) is 0.643. The van der Waals surface area contributed by atoms with E-state index < -0.39 is 25.8 Å². The monoisotopic (exact) mass is 516 g/mol. The molecule has 0 radical (unpaired) electrons. The maximum absolute atomic E-state index is 12.7. The maximum atomic E-state index is 12.7. The molecule has 1 aromatic carbocycles. The number of rotatable bonds is 8. The zero-order chi connectivity index (χ0) is 26.9. The fourth-order valence-electron chi connectivity index (χ4n) is 4.41. The molecule has 1 unspecified atom stereocenters. The van der Waals surface area contributed by atoms with Crippen LogP contribution in [0.2, 0.25) is 18.1 Å². The van der Waals surface area contributed by atoms with Crippen LogP contribution in [0.5, 0.6) is 0 Å². The van der Waals surface area contributed by atoms with Crippen LogP contribution in [0.4, 0.5) is 0 Å². The predicted molar refractivity (Wildman–Crippen MR) is 146 cm³/mol. The quantitative estimate of drug-likeness (QED) is 0.459.